The SMILES string of the molecule is CC(C)NC(=NCc1cn[nH]c1)NN. The Balaban J connectivity index is 2.48. The number of aromatic amines is 1. The summed E-state index contributed by atoms with van der Waals surface area (Å²) in [6.07, 6.45) is 3.53. The maximum atomic E-state index is 5.29. The second kappa shape index (κ2) is 5.23. The molecule has 6 heteroatoms. The van der Waals surface area contributed by atoms with Crippen molar-refractivity contribution in [2.24, 2.45) is 10.8 Å². The van der Waals surface area contributed by atoms with Gasteiger partial charge in [-0.1, -0.05) is 0 Å². The summed E-state index contributed by atoms with van der Waals surface area (Å²) in [5.41, 5.74) is 3.52. The molecule has 6 nitrogen and oxygen atoms in total. The van der Waals surface area contributed by atoms with Gasteiger partial charge in [0.15, 0.2) is 0 Å². The van der Waals surface area contributed by atoms with Crippen LogP contribution in [0.5, 0.6) is 0 Å². The Kier molecular flexibility index (Phi) is 3.93. The number of H-pyrrole nitrogens is 1. The first-order valence-corrected chi connectivity index (χ1v) is 4.47. The van der Waals surface area contributed by atoms with E-state index in [9.17, 15) is 0 Å². The molecular weight excluding hydrogens is 180 g/mol. The molecule has 0 unspecified atom stereocenters. The number of hydrogen-bond acceptors (Lipinski definition) is 3. The van der Waals surface area contributed by atoms with Crippen LogP contribution < -0.4 is 16.6 Å². The number of rotatable bonds is 3. The first-order chi connectivity index (χ1) is 6.72. The average Bonchev–Trinajstić information content (AvgIpc) is 2.64. The minimum atomic E-state index is 0.300. The van der Waals surface area contributed by atoms with Gasteiger partial charge in [0.05, 0.1) is 12.7 Å². The normalized spacial score (nSPS) is 11.9. The van der Waals surface area contributed by atoms with Crippen LogP contribution in [0.15, 0.2) is 17.4 Å². The lowest BCUT2D eigenvalue weighted by molar-refractivity contribution is 0.702. The summed E-state index contributed by atoms with van der Waals surface area (Å²) >= 11 is 0. The Labute approximate surface area is 83.0 Å². The number of guanidine groups is 1. The smallest absolute Gasteiger partial charge is 0.206 e. The molecule has 0 aliphatic rings. The van der Waals surface area contributed by atoms with Crippen molar-refractivity contribution in [2.45, 2.75) is 26.4 Å². The number of aliphatic imine (C=N–C) groups is 1. The summed E-state index contributed by atoms with van der Waals surface area (Å²) in [5.74, 6) is 5.88. The van der Waals surface area contributed by atoms with Crippen LogP contribution in [0.2, 0.25) is 0 Å². The lowest BCUT2D eigenvalue weighted by atomic mass is 10.4. The van der Waals surface area contributed by atoms with E-state index in [1.54, 1.807) is 12.4 Å². The van der Waals surface area contributed by atoms with Crippen molar-refractivity contribution in [3.63, 3.8) is 0 Å². The topological polar surface area (TPSA) is 91.1 Å². The molecule has 0 spiro atoms. The first kappa shape index (κ1) is 10.5. The maximum absolute atomic E-state index is 5.29. The van der Waals surface area contributed by atoms with E-state index in [-0.39, 0.29) is 0 Å². The molecule has 1 rings (SSSR count). The third-order valence-corrected chi connectivity index (χ3v) is 1.54. The van der Waals surface area contributed by atoms with Crippen molar-refractivity contribution in [2.75, 3.05) is 0 Å². The Bertz CT molecular complexity index is 276. The van der Waals surface area contributed by atoms with Crippen molar-refractivity contribution in [3.05, 3.63) is 18.0 Å². The highest BCUT2D eigenvalue weighted by Crippen LogP contribution is 1.95. The van der Waals surface area contributed by atoms with Crippen molar-refractivity contribution in [3.8, 4) is 0 Å². The standard InChI is InChI=1S/C8H16N6/c1-6(2)13-8(14-9)10-3-7-4-11-12-5-7/h4-6H,3,9H2,1-2H3,(H,11,12)(H2,10,13,14). The second-order valence-electron chi connectivity index (χ2n) is 3.21. The number of aromatic nitrogens is 2. The van der Waals surface area contributed by atoms with Gasteiger partial charge in [0.1, 0.15) is 0 Å². The molecule has 1 aromatic rings. The van der Waals surface area contributed by atoms with Gasteiger partial charge in [-0.15, -0.1) is 0 Å². The van der Waals surface area contributed by atoms with Crippen LogP contribution in [0.3, 0.4) is 0 Å². The van der Waals surface area contributed by atoms with Crippen LogP contribution in [0.25, 0.3) is 0 Å². The quantitative estimate of drug-likeness (QED) is 0.232. The largest absolute Gasteiger partial charge is 0.353 e. The van der Waals surface area contributed by atoms with Crippen LogP contribution in [-0.2, 0) is 6.54 Å². The van der Waals surface area contributed by atoms with E-state index in [0.29, 0.717) is 18.5 Å². The highest BCUT2D eigenvalue weighted by Gasteiger charge is 1.98. The molecule has 0 radical (unpaired) electrons. The summed E-state index contributed by atoms with van der Waals surface area (Å²) in [6.45, 7) is 4.59. The lowest BCUT2D eigenvalue weighted by Gasteiger charge is -2.11. The van der Waals surface area contributed by atoms with E-state index in [0.717, 1.165) is 5.56 Å². The molecule has 0 saturated heterocycles. The molecule has 0 aromatic carbocycles. The van der Waals surface area contributed by atoms with Gasteiger partial charge in [-0.05, 0) is 13.8 Å². The van der Waals surface area contributed by atoms with Crippen molar-refractivity contribution >= 4 is 5.96 Å². The molecule has 0 bridgehead atoms. The predicted molar refractivity (Wildman–Crippen MR) is 55.3 cm³/mol. The summed E-state index contributed by atoms with van der Waals surface area (Å²) in [5, 5.41) is 9.62. The average molecular weight is 196 g/mol. The van der Waals surface area contributed by atoms with Gasteiger partial charge in [-0.2, -0.15) is 5.10 Å². The first-order valence-electron chi connectivity index (χ1n) is 4.47. The van der Waals surface area contributed by atoms with Crippen LogP contribution >= 0.6 is 0 Å². The predicted octanol–water partition coefficient (Wildman–Crippen LogP) is -0.273. The van der Waals surface area contributed by atoms with E-state index in [2.05, 4.69) is 25.9 Å². The number of nitrogens with two attached hydrogens (primary N) is 1. The molecular formula is C8H16N6. The number of nitrogens with zero attached hydrogens (tertiary/aromatic N) is 2. The lowest BCUT2D eigenvalue weighted by Crippen LogP contribution is -2.44. The molecule has 0 aliphatic heterocycles. The van der Waals surface area contributed by atoms with E-state index in [1.807, 2.05) is 13.8 Å². The number of nitrogens with one attached hydrogen (secondary N) is 3. The Morgan fingerprint density at radius 2 is 2.50 bits per heavy atom. The van der Waals surface area contributed by atoms with Crippen molar-refractivity contribution in [1.82, 2.24) is 20.9 Å². The zero-order valence-electron chi connectivity index (χ0n) is 8.41. The molecule has 1 aromatic heterocycles. The minimum absolute atomic E-state index is 0.300. The summed E-state index contributed by atoms with van der Waals surface area (Å²) in [4.78, 5) is 4.23. The van der Waals surface area contributed by atoms with Gasteiger partial charge in [0.2, 0.25) is 5.96 Å². The molecule has 5 N–H and O–H groups in total. The van der Waals surface area contributed by atoms with Gasteiger partial charge >= 0.3 is 0 Å². The van der Waals surface area contributed by atoms with Crippen LogP contribution in [-0.4, -0.2) is 22.2 Å². The highest BCUT2D eigenvalue weighted by molar-refractivity contribution is 5.79. The van der Waals surface area contributed by atoms with Crippen LogP contribution in [0.4, 0.5) is 0 Å². The van der Waals surface area contributed by atoms with Gasteiger partial charge in [-0.3, -0.25) is 10.5 Å². The van der Waals surface area contributed by atoms with Crippen molar-refractivity contribution in [1.29, 1.82) is 0 Å². The van der Waals surface area contributed by atoms with Gasteiger partial charge in [0.25, 0.3) is 0 Å². The number of hydrogen-bond donors (Lipinski definition) is 4. The zero-order chi connectivity index (χ0) is 10.4. The Hall–Kier alpha value is -1.56. The Morgan fingerprint density at radius 3 is 3.00 bits per heavy atom. The van der Waals surface area contributed by atoms with Gasteiger partial charge in [0, 0.05) is 17.8 Å². The number of hydrazine groups is 1. The molecule has 14 heavy (non-hydrogen) atoms. The summed E-state index contributed by atoms with van der Waals surface area (Å²) in [6, 6.07) is 0.300. The molecule has 0 aliphatic carbocycles. The second-order valence-corrected chi connectivity index (χ2v) is 3.21. The third-order valence-electron chi connectivity index (χ3n) is 1.54. The molecule has 0 fully saturated rings. The fraction of sp³-hybridized carbons (Fsp3) is 0.500. The summed E-state index contributed by atoms with van der Waals surface area (Å²) in [7, 11) is 0. The Morgan fingerprint density at radius 1 is 1.71 bits per heavy atom. The van der Waals surface area contributed by atoms with E-state index in [4.69, 9.17) is 5.84 Å². The molecule has 0 amide bonds. The zero-order valence-corrected chi connectivity index (χ0v) is 8.41. The minimum Gasteiger partial charge on any atom is -0.353 e. The molecule has 78 valence electrons. The van der Waals surface area contributed by atoms with E-state index >= 15 is 0 Å². The van der Waals surface area contributed by atoms with Gasteiger partial charge < -0.3 is 5.32 Å². The molecule has 1 heterocycles. The highest BCUT2D eigenvalue weighted by atomic mass is 15.3. The van der Waals surface area contributed by atoms with Gasteiger partial charge in [-0.25, -0.2) is 10.8 Å². The van der Waals surface area contributed by atoms with E-state index in [1.165, 1.54) is 0 Å². The van der Waals surface area contributed by atoms with E-state index < -0.39 is 0 Å². The maximum Gasteiger partial charge on any atom is 0.206 e. The fourth-order valence-corrected chi connectivity index (χ4v) is 0.941. The van der Waals surface area contributed by atoms with Crippen molar-refractivity contribution < 1.29 is 0 Å². The fourth-order valence-electron chi connectivity index (χ4n) is 0.941. The molecule has 0 atom stereocenters. The third kappa shape index (κ3) is 3.44. The monoisotopic (exact) mass is 196 g/mol. The molecule has 0 saturated carbocycles. The summed E-state index contributed by atoms with van der Waals surface area (Å²) < 4.78 is 0. The van der Waals surface area contributed by atoms with Crippen LogP contribution in [0, 0.1) is 0 Å². The van der Waals surface area contributed by atoms with Crippen LogP contribution in [0.1, 0.15) is 19.4 Å².